The lowest BCUT2D eigenvalue weighted by Gasteiger charge is -2.37. The van der Waals surface area contributed by atoms with E-state index in [0.29, 0.717) is 22.9 Å². The third-order valence-corrected chi connectivity index (χ3v) is 3.90. The van der Waals surface area contributed by atoms with E-state index in [0.717, 1.165) is 24.8 Å². The summed E-state index contributed by atoms with van der Waals surface area (Å²) in [4.78, 5) is 11.9. The zero-order valence-electron chi connectivity index (χ0n) is 9.51. The van der Waals surface area contributed by atoms with Crippen LogP contribution in [0.4, 0.5) is 0 Å². The highest BCUT2D eigenvalue weighted by Gasteiger charge is 2.34. The molecule has 0 aromatic heterocycles. The van der Waals surface area contributed by atoms with Crippen molar-refractivity contribution in [1.82, 2.24) is 0 Å². The van der Waals surface area contributed by atoms with Gasteiger partial charge in [0.15, 0.2) is 0 Å². The molecular formula is C13H15Cl2NO. The van der Waals surface area contributed by atoms with Crippen LogP contribution in [0.2, 0.25) is 10.0 Å². The molecule has 0 saturated heterocycles. The summed E-state index contributed by atoms with van der Waals surface area (Å²) < 4.78 is 0. The first kappa shape index (κ1) is 12.9. The largest absolute Gasteiger partial charge is 0.325 e. The molecule has 0 amide bonds. The molecule has 0 aliphatic heterocycles. The average Bonchev–Trinajstić information content (AvgIpc) is 2.21. The molecule has 4 heteroatoms. The molecule has 0 heterocycles. The number of rotatable bonds is 4. The summed E-state index contributed by atoms with van der Waals surface area (Å²) in [6, 6.07) is 5.17. The van der Waals surface area contributed by atoms with E-state index in [1.807, 2.05) is 0 Å². The molecule has 1 aliphatic rings. The monoisotopic (exact) mass is 271 g/mol. The summed E-state index contributed by atoms with van der Waals surface area (Å²) in [5, 5.41) is 1.19. The lowest BCUT2D eigenvalue weighted by molar-refractivity contribution is -0.120. The van der Waals surface area contributed by atoms with E-state index < -0.39 is 0 Å². The molecule has 1 fully saturated rings. The van der Waals surface area contributed by atoms with Crippen LogP contribution in [0.5, 0.6) is 0 Å². The zero-order valence-corrected chi connectivity index (χ0v) is 11.0. The van der Waals surface area contributed by atoms with E-state index in [-0.39, 0.29) is 11.3 Å². The molecule has 0 spiro atoms. The van der Waals surface area contributed by atoms with Crippen LogP contribution < -0.4 is 5.73 Å². The van der Waals surface area contributed by atoms with Gasteiger partial charge in [-0.1, -0.05) is 23.2 Å². The molecule has 1 aromatic carbocycles. The van der Waals surface area contributed by atoms with Crippen molar-refractivity contribution in [3.05, 3.63) is 33.8 Å². The van der Waals surface area contributed by atoms with Crippen LogP contribution in [-0.2, 0) is 11.2 Å². The Kier molecular flexibility index (Phi) is 3.76. The molecule has 17 heavy (non-hydrogen) atoms. The van der Waals surface area contributed by atoms with Gasteiger partial charge in [-0.05, 0) is 43.0 Å². The number of Topliss-reactive ketones (excluding diaryl/α,β-unsaturated/α-hetero) is 1. The van der Waals surface area contributed by atoms with Gasteiger partial charge in [-0.15, -0.1) is 0 Å². The molecule has 0 unspecified atom stereocenters. The smallest absolute Gasteiger partial charge is 0.139 e. The van der Waals surface area contributed by atoms with Crippen molar-refractivity contribution in [3.63, 3.8) is 0 Å². The minimum Gasteiger partial charge on any atom is -0.325 e. The molecule has 1 aromatic rings. The van der Waals surface area contributed by atoms with Gasteiger partial charge in [0, 0.05) is 28.4 Å². The van der Waals surface area contributed by atoms with E-state index >= 15 is 0 Å². The van der Waals surface area contributed by atoms with Gasteiger partial charge in [0.1, 0.15) is 5.78 Å². The SMILES string of the molecule is NC1(CC(=O)Cc2cc(Cl)ccc2Cl)CCC1. The van der Waals surface area contributed by atoms with E-state index in [4.69, 9.17) is 28.9 Å². The van der Waals surface area contributed by atoms with Crippen LogP contribution in [0.15, 0.2) is 18.2 Å². The molecule has 1 saturated carbocycles. The fourth-order valence-electron chi connectivity index (χ4n) is 2.15. The summed E-state index contributed by atoms with van der Waals surface area (Å²) in [6.07, 6.45) is 3.78. The third-order valence-electron chi connectivity index (χ3n) is 3.29. The number of hydrogen-bond acceptors (Lipinski definition) is 2. The molecule has 1 aliphatic carbocycles. The van der Waals surface area contributed by atoms with Crippen molar-refractivity contribution in [2.75, 3.05) is 0 Å². The number of carbonyl (C=O) groups is 1. The average molecular weight is 272 g/mol. The highest BCUT2D eigenvalue weighted by molar-refractivity contribution is 6.33. The van der Waals surface area contributed by atoms with Crippen LogP contribution in [0.3, 0.4) is 0 Å². The van der Waals surface area contributed by atoms with E-state index in [9.17, 15) is 4.79 Å². The van der Waals surface area contributed by atoms with Crippen molar-refractivity contribution >= 4 is 29.0 Å². The number of hydrogen-bond donors (Lipinski definition) is 1. The summed E-state index contributed by atoms with van der Waals surface area (Å²) in [5.41, 5.74) is 6.57. The van der Waals surface area contributed by atoms with Crippen molar-refractivity contribution < 1.29 is 4.79 Å². The zero-order chi connectivity index (χ0) is 12.5. The number of nitrogens with two attached hydrogens (primary N) is 1. The van der Waals surface area contributed by atoms with Crippen molar-refractivity contribution in [2.45, 2.75) is 37.6 Å². The van der Waals surface area contributed by atoms with Gasteiger partial charge in [0.2, 0.25) is 0 Å². The number of carbonyl (C=O) groups excluding carboxylic acids is 1. The highest BCUT2D eigenvalue weighted by Crippen LogP contribution is 2.33. The second-order valence-corrected chi connectivity index (χ2v) is 5.69. The summed E-state index contributed by atoms with van der Waals surface area (Å²) in [5.74, 6) is 0.136. The molecule has 0 atom stereocenters. The van der Waals surface area contributed by atoms with Gasteiger partial charge < -0.3 is 5.73 Å². The normalized spacial score (nSPS) is 17.6. The second-order valence-electron chi connectivity index (χ2n) is 4.84. The van der Waals surface area contributed by atoms with Crippen LogP contribution in [0.1, 0.15) is 31.2 Å². The Morgan fingerprint density at radius 3 is 2.65 bits per heavy atom. The van der Waals surface area contributed by atoms with Gasteiger partial charge in [-0.25, -0.2) is 0 Å². The first-order valence-electron chi connectivity index (χ1n) is 5.73. The van der Waals surface area contributed by atoms with Crippen molar-refractivity contribution in [2.24, 2.45) is 5.73 Å². The Hall–Kier alpha value is -0.570. The molecule has 92 valence electrons. The Morgan fingerprint density at radius 1 is 1.35 bits per heavy atom. The minimum atomic E-state index is -0.262. The first-order chi connectivity index (χ1) is 7.98. The highest BCUT2D eigenvalue weighted by atomic mass is 35.5. The minimum absolute atomic E-state index is 0.136. The second kappa shape index (κ2) is 4.97. The van der Waals surface area contributed by atoms with E-state index in [1.54, 1.807) is 18.2 Å². The van der Waals surface area contributed by atoms with Crippen LogP contribution in [-0.4, -0.2) is 11.3 Å². The maximum absolute atomic E-state index is 11.9. The van der Waals surface area contributed by atoms with Gasteiger partial charge in [0.05, 0.1) is 0 Å². The number of benzene rings is 1. The fraction of sp³-hybridized carbons (Fsp3) is 0.462. The Balaban J connectivity index is 2.00. The van der Waals surface area contributed by atoms with Gasteiger partial charge in [-0.3, -0.25) is 4.79 Å². The van der Waals surface area contributed by atoms with Crippen LogP contribution in [0.25, 0.3) is 0 Å². The number of ketones is 1. The molecule has 2 rings (SSSR count). The lowest BCUT2D eigenvalue weighted by Crippen LogP contribution is -2.48. The Morgan fingerprint density at radius 2 is 2.06 bits per heavy atom. The summed E-state index contributed by atoms with van der Waals surface area (Å²) >= 11 is 11.9. The lowest BCUT2D eigenvalue weighted by atomic mass is 9.74. The summed E-state index contributed by atoms with van der Waals surface area (Å²) in [7, 11) is 0. The molecule has 2 nitrogen and oxygen atoms in total. The third kappa shape index (κ3) is 3.21. The molecule has 0 radical (unpaired) electrons. The molecular weight excluding hydrogens is 257 g/mol. The van der Waals surface area contributed by atoms with Gasteiger partial charge >= 0.3 is 0 Å². The number of halogens is 2. The van der Waals surface area contributed by atoms with E-state index in [2.05, 4.69) is 0 Å². The van der Waals surface area contributed by atoms with Crippen LogP contribution in [0, 0.1) is 0 Å². The summed E-state index contributed by atoms with van der Waals surface area (Å²) in [6.45, 7) is 0. The quantitative estimate of drug-likeness (QED) is 0.913. The molecule has 2 N–H and O–H groups in total. The fourth-order valence-corrected chi connectivity index (χ4v) is 2.53. The van der Waals surface area contributed by atoms with Crippen molar-refractivity contribution in [1.29, 1.82) is 0 Å². The van der Waals surface area contributed by atoms with Gasteiger partial charge in [-0.2, -0.15) is 0 Å². The van der Waals surface area contributed by atoms with Crippen molar-refractivity contribution in [3.8, 4) is 0 Å². The Bertz CT molecular complexity index is 441. The Labute approximate surface area is 111 Å². The maximum Gasteiger partial charge on any atom is 0.139 e. The van der Waals surface area contributed by atoms with Crippen LogP contribution >= 0.6 is 23.2 Å². The van der Waals surface area contributed by atoms with Gasteiger partial charge in [0.25, 0.3) is 0 Å². The maximum atomic E-state index is 11.9. The predicted molar refractivity (Wildman–Crippen MR) is 70.6 cm³/mol. The molecule has 0 bridgehead atoms. The topological polar surface area (TPSA) is 43.1 Å². The first-order valence-corrected chi connectivity index (χ1v) is 6.49. The van der Waals surface area contributed by atoms with E-state index in [1.165, 1.54) is 0 Å². The predicted octanol–water partition coefficient (Wildman–Crippen LogP) is 3.38. The standard InChI is InChI=1S/C13H15Cl2NO/c14-10-2-3-12(15)9(6-10)7-11(17)8-13(16)4-1-5-13/h2-3,6H,1,4-5,7-8,16H2.